The summed E-state index contributed by atoms with van der Waals surface area (Å²) in [5.41, 5.74) is 2.33. The van der Waals surface area contributed by atoms with Crippen molar-refractivity contribution in [2.45, 2.75) is 20.1 Å². The lowest BCUT2D eigenvalue weighted by Crippen LogP contribution is -2.27. The van der Waals surface area contributed by atoms with Crippen molar-refractivity contribution in [3.8, 4) is 11.5 Å². The van der Waals surface area contributed by atoms with Gasteiger partial charge in [-0.15, -0.1) is 0 Å². The molecule has 3 aromatic carbocycles. The molecule has 0 N–H and O–H groups in total. The summed E-state index contributed by atoms with van der Waals surface area (Å²) in [5, 5.41) is 0.614. The van der Waals surface area contributed by atoms with Crippen LogP contribution in [0.25, 0.3) is 6.08 Å². The molecular formula is C26H21Cl2NO4S. The van der Waals surface area contributed by atoms with Crippen molar-refractivity contribution in [3.63, 3.8) is 0 Å². The van der Waals surface area contributed by atoms with E-state index in [2.05, 4.69) is 0 Å². The van der Waals surface area contributed by atoms with Gasteiger partial charge in [0.2, 0.25) is 0 Å². The molecule has 5 nitrogen and oxygen atoms in total. The fourth-order valence-corrected chi connectivity index (χ4v) is 4.70. The number of amides is 2. The van der Waals surface area contributed by atoms with Gasteiger partial charge < -0.3 is 9.47 Å². The number of benzene rings is 3. The van der Waals surface area contributed by atoms with Gasteiger partial charge in [0.25, 0.3) is 11.1 Å². The first kappa shape index (κ1) is 24.2. The summed E-state index contributed by atoms with van der Waals surface area (Å²) in [6.07, 6.45) is 1.64. The molecule has 8 heteroatoms. The minimum Gasteiger partial charge on any atom is -0.490 e. The highest BCUT2D eigenvalue weighted by atomic mass is 35.5. The highest BCUT2D eigenvalue weighted by molar-refractivity contribution is 8.18. The molecule has 1 aliphatic heterocycles. The average molecular weight is 514 g/mol. The highest BCUT2D eigenvalue weighted by Gasteiger charge is 2.35. The number of carbonyl (C=O) groups excluding carboxylic acids is 2. The maximum absolute atomic E-state index is 12.9. The molecule has 0 aromatic heterocycles. The van der Waals surface area contributed by atoms with Crippen LogP contribution in [0.15, 0.2) is 71.6 Å². The molecule has 1 aliphatic rings. The predicted octanol–water partition coefficient (Wildman–Crippen LogP) is 7.21. The van der Waals surface area contributed by atoms with Gasteiger partial charge in [-0.1, -0.05) is 71.7 Å². The Morgan fingerprint density at radius 2 is 1.68 bits per heavy atom. The molecule has 1 heterocycles. The number of hydrogen-bond acceptors (Lipinski definition) is 5. The summed E-state index contributed by atoms with van der Waals surface area (Å²) < 4.78 is 11.7. The number of halogens is 2. The molecule has 2 amide bonds. The van der Waals surface area contributed by atoms with Gasteiger partial charge in [0.1, 0.15) is 6.61 Å². The summed E-state index contributed by atoms with van der Waals surface area (Å²) in [5.74, 6) is 0.488. The first-order chi connectivity index (χ1) is 16.5. The molecule has 34 heavy (non-hydrogen) atoms. The summed E-state index contributed by atoms with van der Waals surface area (Å²) in [4.78, 5) is 26.9. The molecule has 0 radical (unpaired) electrons. The van der Waals surface area contributed by atoms with E-state index in [1.54, 1.807) is 24.3 Å². The Bertz CT molecular complexity index is 1250. The van der Waals surface area contributed by atoms with Crippen molar-refractivity contribution >= 4 is 52.2 Å². The minimum absolute atomic E-state index is 0.219. The third-order valence-corrected chi connectivity index (χ3v) is 6.57. The van der Waals surface area contributed by atoms with Gasteiger partial charge in [-0.25, -0.2) is 0 Å². The molecule has 1 fully saturated rings. The van der Waals surface area contributed by atoms with E-state index in [0.29, 0.717) is 38.6 Å². The zero-order chi connectivity index (χ0) is 24.1. The van der Waals surface area contributed by atoms with Crippen LogP contribution < -0.4 is 9.47 Å². The SMILES string of the molecule is CCOc1cc(/C=C2\SC(=O)N(Cc3ccccc3)C2=O)cc(Cl)c1OCc1ccccc1Cl. The average Bonchev–Trinajstić information content (AvgIpc) is 3.08. The summed E-state index contributed by atoms with van der Waals surface area (Å²) >= 11 is 13.7. The maximum atomic E-state index is 12.9. The maximum Gasteiger partial charge on any atom is 0.293 e. The Balaban J connectivity index is 1.56. The van der Waals surface area contributed by atoms with E-state index in [-0.39, 0.29) is 24.3 Å². The van der Waals surface area contributed by atoms with E-state index in [0.717, 1.165) is 22.9 Å². The molecular weight excluding hydrogens is 493 g/mol. The standard InChI is InChI=1S/C26H21Cl2NO4S/c1-2-32-22-13-18(12-21(28)24(22)33-16-19-10-6-7-11-20(19)27)14-23-25(30)29(26(31)34-23)15-17-8-4-3-5-9-17/h3-14H,2,15-16H2,1H3/b23-14-. The summed E-state index contributed by atoms with van der Waals surface area (Å²) in [6.45, 7) is 2.70. The van der Waals surface area contributed by atoms with Crippen molar-refractivity contribution < 1.29 is 19.1 Å². The van der Waals surface area contributed by atoms with Gasteiger partial charge in [-0.05, 0) is 54.1 Å². The lowest BCUT2D eigenvalue weighted by molar-refractivity contribution is -0.123. The number of nitrogens with zero attached hydrogens (tertiary/aromatic N) is 1. The first-order valence-electron chi connectivity index (χ1n) is 10.6. The van der Waals surface area contributed by atoms with Crippen molar-refractivity contribution in [2.75, 3.05) is 6.61 Å². The quantitative estimate of drug-likeness (QED) is 0.298. The van der Waals surface area contributed by atoms with Crippen molar-refractivity contribution in [2.24, 2.45) is 0 Å². The van der Waals surface area contributed by atoms with Crippen LogP contribution in [0.1, 0.15) is 23.6 Å². The molecule has 0 spiro atoms. The van der Waals surface area contributed by atoms with Gasteiger partial charge >= 0.3 is 0 Å². The fraction of sp³-hybridized carbons (Fsp3) is 0.154. The number of hydrogen-bond donors (Lipinski definition) is 0. The minimum atomic E-state index is -0.341. The fourth-order valence-electron chi connectivity index (χ4n) is 3.39. The smallest absolute Gasteiger partial charge is 0.293 e. The molecule has 0 saturated carbocycles. The van der Waals surface area contributed by atoms with Crippen LogP contribution in [0.3, 0.4) is 0 Å². The van der Waals surface area contributed by atoms with Gasteiger partial charge in [-0.2, -0.15) is 0 Å². The Morgan fingerprint density at radius 1 is 0.941 bits per heavy atom. The van der Waals surface area contributed by atoms with E-state index in [4.69, 9.17) is 32.7 Å². The van der Waals surface area contributed by atoms with Crippen molar-refractivity contribution in [1.82, 2.24) is 4.90 Å². The van der Waals surface area contributed by atoms with E-state index in [9.17, 15) is 9.59 Å². The van der Waals surface area contributed by atoms with E-state index < -0.39 is 0 Å². The van der Waals surface area contributed by atoms with E-state index in [1.165, 1.54) is 4.90 Å². The number of imide groups is 1. The predicted molar refractivity (Wildman–Crippen MR) is 136 cm³/mol. The van der Waals surface area contributed by atoms with Crippen LogP contribution in [0, 0.1) is 0 Å². The Kier molecular flexibility index (Phi) is 7.83. The molecule has 0 atom stereocenters. The number of thioether (sulfide) groups is 1. The van der Waals surface area contributed by atoms with Crippen LogP contribution in [-0.2, 0) is 17.9 Å². The summed E-state index contributed by atoms with van der Waals surface area (Å²) in [6, 6.07) is 20.2. The van der Waals surface area contributed by atoms with Gasteiger partial charge in [0.05, 0.1) is 23.1 Å². The topological polar surface area (TPSA) is 55.8 Å². The van der Waals surface area contributed by atoms with Crippen molar-refractivity contribution in [3.05, 3.63) is 98.4 Å². The normalized spacial score (nSPS) is 14.7. The molecule has 4 rings (SSSR count). The Labute approximate surface area is 212 Å². The van der Waals surface area contributed by atoms with E-state index >= 15 is 0 Å². The van der Waals surface area contributed by atoms with Crippen LogP contribution in [0.5, 0.6) is 11.5 Å². The zero-order valence-electron chi connectivity index (χ0n) is 18.3. The van der Waals surface area contributed by atoms with Gasteiger partial charge in [-0.3, -0.25) is 14.5 Å². The molecule has 0 aliphatic carbocycles. The lowest BCUT2D eigenvalue weighted by Gasteiger charge is -2.15. The lowest BCUT2D eigenvalue weighted by atomic mass is 10.1. The largest absolute Gasteiger partial charge is 0.490 e. The van der Waals surface area contributed by atoms with Gasteiger partial charge in [0.15, 0.2) is 11.5 Å². The van der Waals surface area contributed by atoms with Crippen LogP contribution >= 0.6 is 35.0 Å². The zero-order valence-corrected chi connectivity index (χ0v) is 20.6. The van der Waals surface area contributed by atoms with Crippen LogP contribution in [0.4, 0.5) is 4.79 Å². The summed E-state index contributed by atoms with van der Waals surface area (Å²) in [7, 11) is 0. The molecule has 0 unspecified atom stereocenters. The van der Waals surface area contributed by atoms with Crippen molar-refractivity contribution in [1.29, 1.82) is 0 Å². The number of ether oxygens (including phenoxy) is 2. The van der Waals surface area contributed by atoms with Gasteiger partial charge in [0, 0.05) is 10.6 Å². The monoisotopic (exact) mass is 513 g/mol. The third-order valence-electron chi connectivity index (χ3n) is 5.02. The van der Waals surface area contributed by atoms with Crippen LogP contribution in [0.2, 0.25) is 10.0 Å². The molecule has 0 bridgehead atoms. The second-order valence-electron chi connectivity index (χ2n) is 7.40. The second kappa shape index (κ2) is 11.0. The Morgan fingerprint density at radius 3 is 2.41 bits per heavy atom. The van der Waals surface area contributed by atoms with E-state index in [1.807, 2.05) is 55.5 Å². The first-order valence-corrected chi connectivity index (χ1v) is 12.2. The molecule has 174 valence electrons. The Hall–Kier alpha value is -2.93. The van der Waals surface area contributed by atoms with Crippen LogP contribution in [-0.4, -0.2) is 22.7 Å². The number of carbonyl (C=O) groups is 2. The highest BCUT2D eigenvalue weighted by Crippen LogP contribution is 2.40. The molecule has 3 aromatic rings. The number of rotatable bonds is 8. The second-order valence-corrected chi connectivity index (χ2v) is 9.20. The third kappa shape index (κ3) is 5.58. The molecule has 1 saturated heterocycles.